The van der Waals surface area contributed by atoms with Gasteiger partial charge in [-0.2, -0.15) is 0 Å². The number of hydrogen-bond acceptors (Lipinski definition) is 4. The maximum absolute atomic E-state index is 2.38. The second-order valence-electron chi connectivity index (χ2n) is 9.23. The minimum Gasteiger partial charge on any atom is -0.143 e. The van der Waals surface area contributed by atoms with Gasteiger partial charge in [-0.25, -0.2) is 0 Å². The van der Waals surface area contributed by atoms with Crippen molar-refractivity contribution in [3.63, 3.8) is 0 Å². The van der Waals surface area contributed by atoms with Gasteiger partial charge < -0.3 is 0 Å². The lowest BCUT2D eigenvalue weighted by Crippen LogP contribution is -1.82. The van der Waals surface area contributed by atoms with E-state index in [9.17, 15) is 0 Å². The van der Waals surface area contributed by atoms with Crippen LogP contribution in [0.2, 0.25) is 0 Å². The number of rotatable bonds is 12. The Morgan fingerprint density at radius 2 is 1.00 bits per heavy atom. The van der Waals surface area contributed by atoms with Crippen LogP contribution in [0.25, 0.3) is 41.1 Å². The van der Waals surface area contributed by atoms with E-state index in [1.807, 2.05) is 45.3 Å². The molecule has 4 heterocycles. The Kier molecular flexibility index (Phi) is 8.21. The van der Waals surface area contributed by atoms with Crippen molar-refractivity contribution < 1.29 is 0 Å². The summed E-state index contributed by atoms with van der Waals surface area (Å²) in [6.45, 7) is 4.58. The maximum atomic E-state index is 2.38. The van der Waals surface area contributed by atoms with Crippen molar-refractivity contribution in [1.82, 2.24) is 0 Å². The van der Waals surface area contributed by atoms with Crippen molar-refractivity contribution >= 4 is 65.5 Å². The van der Waals surface area contributed by atoms with Gasteiger partial charge in [0.05, 0.1) is 0 Å². The average Bonchev–Trinajstić information content (AvgIpc) is 3.65. The molecule has 0 aliphatic heterocycles. The number of thiophene rings is 4. The van der Waals surface area contributed by atoms with E-state index in [1.165, 1.54) is 115 Å². The lowest BCUT2D eigenvalue weighted by Gasteiger charge is -2.10. The normalized spacial score (nSPS) is 11.8. The minimum atomic E-state index is 1.22. The Morgan fingerprint density at radius 3 is 1.44 bits per heavy atom. The zero-order chi connectivity index (χ0) is 23.3. The summed E-state index contributed by atoms with van der Waals surface area (Å²) in [6.07, 6.45) is 13.1. The van der Waals surface area contributed by atoms with Crippen molar-refractivity contribution in [2.24, 2.45) is 0 Å². The lowest BCUT2D eigenvalue weighted by molar-refractivity contribution is 0.670. The van der Waals surface area contributed by atoms with Crippen LogP contribution in [0.5, 0.6) is 0 Å². The molecule has 0 amide bonds. The van der Waals surface area contributed by atoms with Gasteiger partial charge in [0.2, 0.25) is 0 Å². The highest BCUT2D eigenvalue weighted by atomic mass is 32.1. The van der Waals surface area contributed by atoms with Crippen molar-refractivity contribution in [3.05, 3.63) is 56.9 Å². The first-order chi connectivity index (χ1) is 16.8. The second kappa shape index (κ2) is 11.5. The molecule has 0 atom stereocenters. The standard InChI is InChI=1S/C30H34S4/c1-3-5-7-9-11-21-13-15-25(33-21)27-23-17-19-32-30(23)28(24-18-20-31-29(24)27)26-16-14-22(34-26)12-10-8-6-4-2/h13-20H,3-12H2,1-2H3. The number of aryl methyl sites for hydroxylation is 2. The quantitative estimate of drug-likeness (QED) is 0.143. The summed E-state index contributed by atoms with van der Waals surface area (Å²) in [6, 6.07) is 14.2. The molecule has 0 nitrogen and oxygen atoms in total. The molecule has 5 aromatic rings. The van der Waals surface area contributed by atoms with Gasteiger partial charge in [-0.15, -0.1) is 45.3 Å². The zero-order valence-corrected chi connectivity index (χ0v) is 23.6. The molecule has 4 aromatic heterocycles. The van der Waals surface area contributed by atoms with E-state index in [0.717, 1.165) is 0 Å². The lowest BCUT2D eigenvalue weighted by atomic mass is 10.0. The zero-order valence-electron chi connectivity index (χ0n) is 20.3. The van der Waals surface area contributed by atoms with Crippen LogP contribution in [0.4, 0.5) is 0 Å². The molecule has 0 bridgehead atoms. The molecule has 4 heteroatoms. The molecule has 0 N–H and O–H groups in total. The predicted molar refractivity (Wildman–Crippen MR) is 160 cm³/mol. The molecule has 0 saturated heterocycles. The smallest absolute Gasteiger partial charge is 0.0442 e. The molecule has 0 unspecified atom stereocenters. The molecule has 5 rings (SSSR count). The molecule has 0 saturated carbocycles. The number of unbranched alkanes of at least 4 members (excludes halogenated alkanes) is 6. The first kappa shape index (κ1) is 24.2. The van der Waals surface area contributed by atoms with Gasteiger partial charge in [0.1, 0.15) is 0 Å². The van der Waals surface area contributed by atoms with E-state index >= 15 is 0 Å². The first-order valence-electron chi connectivity index (χ1n) is 12.9. The molecule has 0 aliphatic rings. The van der Waals surface area contributed by atoms with Gasteiger partial charge in [-0.05, 0) is 72.8 Å². The summed E-state index contributed by atoms with van der Waals surface area (Å²) in [5, 5.41) is 7.46. The largest absolute Gasteiger partial charge is 0.143 e. The van der Waals surface area contributed by atoms with Gasteiger partial charge in [-0.3, -0.25) is 0 Å². The van der Waals surface area contributed by atoms with Gasteiger partial charge >= 0.3 is 0 Å². The van der Waals surface area contributed by atoms with E-state index < -0.39 is 0 Å². The fourth-order valence-corrected chi connectivity index (χ4v) is 9.19. The SMILES string of the molecule is CCCCCCc1ccc(-c2c3ccsc3c(-c3ccc(CCCCCC)s3)c3ccsc23)s1. The number of benzene rings is 1. The summed E-state index contributed by atoms with van der Waals surface area (Å²) in [7, 11) is 0. The van der Waals surface area contributed by atoms with E-state index in [0.29, 0.717) is 0 Å². The Bertz CT molecular complexity index is 1190. The van der Waals surface area contributed by atoms with E-state index in [2.05, 4.69) is 61.0 Å². The molecule has 0 fully saturated rings. The Balaban J connectivity index is 1.50. The maximum Gasteiger partial charge on any atom is 0.0442 e. The van der Waals surface area contributed by atoms with Gasteiger partial charge in [-0.1, -0.05) is 52.4 Å². The molecule has 0 spiro atoms. The first-order valence-corrected chi connectivity index (χ1v) is 16.3. The van der Waals surface area contributed by atoms with E-state index in [4.69, 9.17) is 0 Å². The molecule has 0 radical (unpaired) electrons. The molecule has 178 valence electrons. The molecule has 0 aliphatic carbocycles. The van der Waals surface area contributed by atoms with Crippen molar-refractivity contribution in [2.75, 3.05) is 0 Å². The molecule has 34 heavy (non-hydrogen) atoms. The summed E-state index contributed by atoms with van der Waals surface area (Å²) in [5.74, 6) is 0. The van der Waals surface area contributed by atoms with Crippen LogP contribution in [-0.4, -0.2) is 0 Å². The topological polar surface area (TPSA) is 0 Å². The molecular formula is C30H34S4. The van der Waals surface area contributed by atoms with Crippen LogP contribution >= 0.6 is 45.3 Å². The van der Waals surface area contributed by atoms with Crippen molar-refractivity contribution in [1.29, 1.82) is 0 Å². The fraction of sp³-hybridized carbons (Fsp3) is 0.400. The van der Waals surface area contributed by atoms with Crippen LogP contribution in [-0.2, 0) is 12.8 Å². The summed E-state index contributed by atoms with van der Waals surface area (Å²) in [4.78, 5) is 5.95. The highest BCUT2D eigenvalue weighted by molar-refractivity contribution is 7.22. The van der Waals surface area contributed by atoms with Crippen molar-refractivity contribution in [3.8, 4) is 20.9 Å². The summed E-state index contributed by atoms with van der Waals surface area (Å²) >= 11 is 7.85. The summed E-state index contributed by atoms with van der Waals surface area (Å²) in [5.41, 5.74) is 2.93. The number of hydrogen-bond donors (Lipinski definition) is 0. The second-order valence-corrected chi connectivity index (χ2v) is 13.4. The van der Waals surface area contributed by atoms with Gasteiger partial charge in [0.25, 0.3) is 0 Å². The highest BCUT2D eigenvalue weighted by Crippen LogP contribution is 2.50. The van der Waals surface area contributed by atoms with Crippen LogP contribution in [0.1, 0.15) is 75.0 Å². The van der Waals surface area contributed by atoms with Gasteiger partial charge in [0, 0.05) is 50.8 Å². The van der Waals surface area contributed by atoms with Gasteiger partial charge in [0.15, 0.2) is 0 Å². The predicted octanol–water partition coefficient (Wildman–Crippen LogP) is 11.8. The highest BCUT2D eigenvalue weighted by Gasteiger charge is 2.20. The third-order valence-electron chi connectivity index (χ3n) is 6.69. The third kappa shape index (κ3) is 5.06. The minimum absolute atomic E-state index is 1.22. The average molecular weight is 523 g/mol. The molecular weight excluding hydrogens is 489 g/mol. The summed E-state index contributed by atoms with van der Waals surface area (Å²) < 4.78 is 2.91. The van der Waals surface area contributed by atoms with Crippen LogP contribution in [0.3, 0.4) is 0 Å². The van der Waals surface area contributed by atoms with E-state index in [-0.39, 0.29) is 0 Å². The van der Waals surface area contributed by atoms with Crippen LogP contribution < -0.4 is 0 Å². The Labute approximate surface area is 220 Å². The fourth-order valence-electron chi connectivity index (χ4n) is 4.88. The third-order valence-corrected chi connectivity index (χ3v) is 10.9. The van der Waals surface area contributed by atoms with E-state index in [1.54, 1.807) is 0 Å². The molecule has 1 aromatic carbocycles. The number of fused-ring (bicyclic) bond motifs is 2. The monoisotopic (exact) mass is 522 g/mol. The van der Waals surface area contributed by atoms with Crippen molar-refractivity contribution in [2.45, 2.75) is 78.1 Å². The van der Waals surface area contributed by atoms with Crippen LogP contribution in [0.15, 0.2) is 47.2 Å². The Hall–Kier alpha value is -1.46. The van der Waals surface area contributed by atoms with Crippen LogP contribution in [0, 0.1) is 0 Å². The Morgan fingerprint density at radius 1 is 0.529 bits per heavy atom.